The molecule has 2 aromatic carbocycles. The van der Waals surface area contributed by atoms with Crippen LogP contribution in [0.25, 0.3) is 0 Å². The average molecular weight is 360 g/mol. The van der Waals surface area contributed by atoms with Crippen LogP contribution in [0.1, 0.15) is 24.5 Å². The minimum Gasteiger partial charge on any atom is -0.455 e. The molecule has 0 aliphatic carbocycles. The number of hydrogen-bond acceptors (Lipinski definition) is 3. The maximum absolute atomic E-state index is 11.9. The average Bonchev–Trinajstić information content (AvgIpc) is 2.61. The van der Waals surface area contributed by atoms with Crippen molar-refractivity contribution in [3.05, 3.63) is 70.7 Å². The van der Waals surface area contributed by atoms with Gasteiger partial charge in [-0.1, -0.05) is 60.1 Å². The number of amides is 1. The molecule has 1 unspecified atom stereocenters. The smallest absolute Gasteiger partial charge is 0.310 e. The van der Waals surface area contributed by atoms with E-state index < -0.39 is 5.97 Å². The van der Waals surface area contributed by atoms with Crippen molar-refractivity contribution < 1.29 is 14.3 Å². The van der Waals surface area contributed by atoms with Gasteiger partial charge >= 0.3 is 5.97 Å². The second-order valence-corrected chi connectivity index (χ2v) is 6.33. The lowest BCUT2D eigenvalue weighted by Crippen LogP contribution is -2.36. The molecular formula is C20H22ClNO3. The van der Waals surface area contributed by atoms with Gasteiger partial charge in [0.15, 0.2) is 6.61 Å². The normalized spacial score (nSPS) is 11.6. The van der Waals surface area contributed by atoms with E-state index in [1.807, 2.05) is 25.1 Å². The molecule has 0 spiro atoms. The van der Waals surface area contributed by atoms with Crippen molar-refractivity contribution in [1.29, 1.82) is 0 Å². The summed E-state index contributed by atoms with van der Waals surface area (Å²) in [5.41, 5.74) is 1.92. The number of hydrogen-bond donors (Lipinski definition) is 1. The standard InChI is InChI=1S/C20H22ClNO3/c1-15(11-12-16-7-3-2-4-8-16)22-19(23)14-25-20(24)13-17-9-5-6-10-18(17)21/h2-10,15H,11-14H2,1H3,(H,22,23). The number of carbonyl (C=O) groups excluding carboxylic acids is 2. The van der Waals surface area contributed by atoms with E-state index in [-0.39, 0.29) is 25.0 Å². The number of benzene rings is 2. The van der Waals surface area contributed by atoms with E-state index in [2.05, 4.69) is 17.4 Å². The van der Waals surface area contributed by atoms with Crippen molar-refractivity contribution in [2.75, 3.05) is 6.61 Å². The highest BCUT2D eigenvalue weighted by Crippen LogP contribution is 2.15. The van der Waals surface area contributed by atoms with E-state index in [9.17, 15) is 9.59 Å². The summed E-state index contributed by atoms with van der Waals surface area (Å²) < 4.78 is 5.02. The van der Waals surface area contributed by atoms with Crippen LogP contribution in [0.15, 0.2) is 54.6 Å². The third kappa shape index (κ3) is 6.98. The molecule has 2 rings (SSSR count). The van der Waals surface area contributed by atoms with E-state index in [0.717, 1.165) is 12.8 Å². The molecule has 1 N–H and O–H groups in total. The highest BCUT2D eigenvalue weighted by molar-refractivity contribution is 6.31. The molecular weight excluding hydrogens is 338 g/mol. The zero-order valence-electron chi connectivity index (χ0n) is 14.2. The van der Waals surface area contributed by atoms with Crippen molar-refractivity contribution in [2.24, 2.45) is 0 Å². The Balaban J connectivity index is 1.67. The second-order valence-electron chi connectivity index (χ2n) is 5.92. The quantitative estimate of drug-likeness (QED) is 0.733. The van der Waals surface area contributed by atoms with E-state index in [1.54, 1.807) is 24.3 Å². The van der Waals surface area contributed by atoms with Gasteiger partial charge in [-0.25, -0.2) is 0 Å². The Kier molecular flexibility index (Phi) is 7.48. The lowest BCUT2D eigenvalue weighted by molar-refractivity contribution is -0.148. The molecule has 2 aromatic rings. The zero-order chi connectivity index (χ0) is 18.1. The number of carbonyl (C=O) groups is 2. The van der Waals surface area contributed by atoms with Crippen LogP contribution >= 0.6 is 11.6 Å². The predicted octanol–water partition coefficient (Wildman–Crippen LogP) is 3.56. The van der Waals surface area contributed by atoms with E-state index >= 15 is 0 Å². The predicted molar refractivity (Wildman–Crippen MR) is 98.5 cm³/mol. The van der Waals surface area contributed by atoms with Crippen LogP contribution in [0.2, 0.25) is 5.02 Å². The molecule has 0 heterocycles. The third-order valence-corrected chi connectivity index (χ3v) is 4.14. The first-order valence-corrected chi connectivity index (χ1v) is 8.64. The van der Waals surface area contributed by atoms with Crippen LogP contribution in [0.4, 0.5) is 0 Å². The molecule has 1 atom stereocenters. The van der Waals surface area contributed by atoms with E-state index in [1.165, 1.54) is 5.56 Å². The lowest BCUT2D eigenvalue weighted by atomic mass is 10.1. The van der Waals surface area contributed by atoms with Crippen LogP contribution in [-0.2, 0) is 27.2 Å². The van der Waals surface area contributed by atoms with Crippen LogP contribution in [0.5, 0.6) is 0 Å². The molecule has 132 valence electrons. The molecule has 0 aliphatic rings. The number of nitrogens with one attached hydrogen (secondary N) is 1. The maximum Gasteiger partial charge on any atom is 0.310 e. The van der Waals surface area contributed by atoms with Gasteiger partial charge in [0, 0.05) is 11.1 Å². The first-order chi connectivity index (χ1) is 12.0. The summed E-state index contributed by atoms with van der Waals surface area (Å²) in [6.45, 7) is 1.66. The fourth-order valence-electron chi connectivity index (χ4n) is 2.41. The second kappa shape index (κ2) is 9.84. The van der Waals surface area contributed by atoms with Crippen molar-refractivity contribution >= 4 is 23.5 Å². The SMILES string of the molecule is CC(CCc1ccccc1)NC(=O)COC(=O)Cc1ccccc1Cl. The molecule has 0 aromatic heterocycles. The highest BCUT2D eigenvalue weighted by Gasteiger charge is 2.12. The van der Waals surface area contributed by atoms with E-state index in [0.29, 0.717) is 10.6 Å². The van der Waals surface area contributed by atoms with Crippen molar-refractivity contribution in [3.8, 4) is 0 Å². The maximum atomic E-state index is 11.9. The molecule has 0 radical (unpaired) electrons. The van der Waals surface area contributed by atoms with Gasteiger partial charge in [0.05, 0.1) is 6.42 Å². The van der Waals surface area contributed by atoms with Crippen molar-refractivity contribution in [2.45, 2.75) is 32.2 Å². The van der Waals surface area contributed by atoms with Crippen molar-refractivity contribution in [3.63, 3.8) is 0 Å². The molecule has 0 aliphatic heterocycles. The summed E-state index contributed by atoms with van der Waals surface area (Å²) in [5, 5.41) is 3.35. The summed E-state index contributed by atoms with van der Waals surface area (Å²) in [7, 11) is 0. The summed E-state index contributed by atoms with van der Waals surface area (Å²) in [6.07, 6.45) is 1.76. The van der Waals surface area contributed by atoms with Crippen LogP contribution in [0, 0.1) is 0 Å². The summed E-state index contributed by atoms with van der Waals surface area (Å²) in [6, 6.07) is 17.2. The van der Waals surface area contributed by atoms with Gasteiger partial charge in [-0.3, -0.25) is 9.59 Å². The largest absolute Gasteiger partial charge is 0.455 e. The molecule has 0 saturated heterocycles. The molecule has 4 nitrogen and oxygen atoms in total. The summed E-state index contributed by atoms with van der Waals surface area (Å²) in [4.78, 5) is 23.7. The van der Waals surface area contributed by atoms with Gasteiger partial charge in [-0.05, 0) is 37.0 Å². The first-order valence-electron chi connectivity index (χ1n) is 8.27. The molecule has 1 amide bonds. The molecule has 0 fully saturated rings. The third-order valence-electron chi connectivity index (χ3n) is 3.77. The number of esters is 1. The van der Waals surface area contributed by atoms with Gasteiger partial charge in [-0.2, -0.15) is 0 Å². The minimum absolute atomic E-state index is 0.00924. The number of halogens is 1. The van der Waals surface area contributed by atoms with E-state index in [4.69, 9.17) is 16.3 Å². The Morgan fingerprint density at radius 1 is 1.08 bits per heavy atom. The Hall–Kier alpha value is -2.33. The van der Waals surface area contributed by atoms with Gasteiger partial charge < -0.3 is 10.1 Å². The van der Waals surface area contributed by atoms with Crippen LogP contribution < -0.4 is 5.32 Å². The molecule has 0 bridgehead atoms. The Morgan fingerprint density at radius 2 is 1.76 bits per heavy atom. The fraction of sp³-hybridized carbons (Fsp3) is 0.300. The van der Waals surface area contributed by atoms with Gasteiger partial charge in [0.1, 0.15) is 0 Å². The van der Waals surface area contributed by atoms with Crippen LogP contribution in [-0.4, -0.2) is 24.5 Å². The minimum atomic E-state index is -0.472. The van der Waals surface area contributed by atoms with Gasteiger partial charge in [-0.15, -0.1) is 0 Å². The lowest BCUT2D eigenvalue weighted by Gasteiger charge is -2.14. The fourth-order valence-corrected chi connectivity index (χ4v) is 2.61. The molecule has 5 heteroatoms. The van der Waals surface area contributed by atoms with Crippen molar-refractivity contribution in [1.82, 2.24) is 5.32 Å². The number of aryl methyl sites for hydroxylation is 1. The Bertz CT molecular complexity index is 703. The molecule has 0 saturated carbocycles. The molecule has 25 heavy (non-hydrogen) atoms. The number of ether oxygens (including phenoxy) is 1. The van der Waals surface area contributed by atoms with Crippen LogP contribution in [0.3, 0.4) is 0 Å². The number of rotatable bonds is 8. The zero-order valence-corrected chi connectivity index (χ0v) is 15.0. The monoisotopic (exact) mass is 359 g/mol. The van der Waals surface area contributed by atoms with Gasteiger partial charge in [0.25, 0.3) is 5.91 Å². The highest BCUT2D eigenvalue weighted by atomic mass is 35.5. The summed E-state index contributed by atoms with van der Waals surface area (Å²) in [5.74, 6) is -0.770. The first kappa shape index (κ1) is 19.0. The Morgan fingerprint density at radius 3 is 2.48 bits per heavy atom. The van der Waals surface area contributed by atoms with Gasteiger partial charge in [0.2, 0.25) is 0 Å². The Labute approximate surface area is 153 Å². The topological polar surface area (TPSA) is 55.4 Å². The summed E-state index contributed by atoms with van der Waals surface area (Å²) >= 11 is 6.00.